The topological polar surface area (TPSA) is 50.2 Å². The number of carbonyl (C=O) groups is 1. The van der Waals surface area contributed by atoms with Crippen molar-refractivity contribution < 1.29 is 30.0 Å². The van der Waals surface area contributed by atoms with Crippen LogP contribution in [0.1, 0.15) is 36.1 Å². The Balaban J connectivity index is 0.000000425. The fraction of sp³-hybridized carbons (Fsp3) is 0.250. The first-order valence-corrected chi connectivity index (χ1v) is 8.93. The number of carbonyl (C=O) groups excluding carboxylic acids is 1. The maximum atomic E-state index is 10.0. The number of benzene rings is 2. The van der Waals surface area contributed by atoms with E-state index in [4.69, 9.17) is 10.1 Å². The minimum absolute atomic E-state index is 0. The number of fused-ring (bicyclic) bond motifs is 1. The van der Waals surface area contributed by atoms with E-state index in [1.54, 1.807) is 0 Å². The van der Waals surface area contributed by atoms with Crippen molar-refractivity contribution in [1.29, 1.82) is 0 Å². The van der Waals surface area contributed by atoms with E-state index in [9.17, 15) is 4.79 Å². The molecule has 0 aliphatic rings. The summed E-state index contributed by atoms with van der Waals surface area (Å²) in [6.45, 7) is 11.3. The van der Waals surface area contributed by atoms with Gasteiger partial charge in [0.05, 0.1) is 11.3 Å². The van der Waals surface area contributed by atoms with Gasteiger partial charge in [0.25, 0.3) is 0 Å². The first-order valence-electron chi connectivity index (χ1n) is 8.93. The van der Waals surface area contributed by atoms with Gasteiger partial charge >= 0.3 is 0 Å². The molecule has 0 amide bonds. The van der Waals surface area contributed by atoms with Crippen LogP contribution in [-0.2, 0) is 24.9 Å². The van der Waals surface area contributed by atoms with Gasteiger partial charge in [-0.25, -0.2) is 0 Å². The number of pyridine rings is 1. The van der Waals surface area contributed by atoms with Crippen molar-refractivity contribution in [3.63, 3.8) is 0 Å². The Hall–Kier alpha value is -2.29. The smallest absolute Gasteiger partial charge is 0.155 e. The standard InChI is InChI=1S/C19H18N.C5H8O2.Ir/c1-12-9-13(2)11-16(10-12)18-8-6-17-15(4)14(3)5-7-19(17)20-18;1-4(6)3-5(2)7;/h5-10H,1-4H3;3,6H,1-2H3;/q-1;;/b;4-3-;. The molecule has 3 rings (SSSR count). The van der Waals surface area contributed by atoms with E-state index >= 15 is 0 Å². The van der Waals surface area contributed by atoms with Crippen molar-refractivity contribution in [3.8, 4) is 11.3 Å². The molecule has 0 aliphatic carbocycles. The number of aliphatic hydroxyl groups excluding tert-OH is 1. The van der Waals surface area contributed by atoms with Gasteiger partial charge in [-0.3, -0.25) is 9.78 Å². The van der Waals surface area contributed by atoms with Gasteiger partial charge in [-0.2, -0.15) is 0 Å². The second kappa shape index (κ2) is 10.3. The van der Waals surface area contributed by atoms with Crippen molar-refractivity contribution in [2.24, 2.45) is 0 Å². The maximum Gasteiger partial charge on any atom is 0.155 e. The molecule has 1 radical (unpaired) electrons. The van der Waals surface area contributed by atoms with Crippen molar-refractivity contribution in [1.82, 2.24) is 4.98 Å². The van der Waals surface area contributed by atoms with Gasteiger partial charge in [-0.15, -0.1) is 34.9 Å². The zero-order valence-corrected chi connectivity index (χ0v) is 19.6. The van der Waals surface area contributed by atoms with Crippen molar-refractivity contribution >= 4 is 16.7 Å². The number of aromatic nitrogens is 1. The second-order valence-electron chi connectivity index (χ2n) is 6.92. The van der Waals surface area contributed by atoms with Crippen molar-refractivity contribution in [2.45, 2.75) is 41.5 Å². The minimum atomic E-state index is -0.125. The molecule has 0 saturated heterocycles. The van der Waals surface area contributed by atoms with E-state index in [1.807, 2.05) is 0 Å². The van der Waals surface area contributed by atoms with E-state index in [0.717, 1.165) is 22.3 Å². The largest absolute Gasteiger partial charge is 0.512 e. The molecule has 3 aromatic rings. The molecule has 1 N–H and O–H groups in total. The Morgan fingerprint density at radius 2 is 1.71 bits per heavy atom. The Morgan fingerprint density at radius 3 is 2.25 bits per heavy atom. The van der Waals surface area contributed by atoms with Gasteiger partial charge in [0.15, 0.2) is 5.78 Å². The van der Waals surface area contributed by atoms with Gasteiger partial charge in [0.1, 0.15) is 0 Å². The van der Waals surface area contributed by atoms with Crippen LogP contribution in [0.5, 0.6) is 0 Å². The van der Waals surface area contributed by atoms with Gasteiger partial charge < -0.3 is 5.11 Å². The second-order valence-corrected chi connectivity index (χ2v) is 6.92. The van der Waals surface area contributed by atoms with E-state index in [0.29, 0.717) is 0 Å². The van der Waals surface area contributed by atoms with Crippen molar-refractivity contribution in [3.05, 3.63) is 76.6 Å². The summed E-state index contributed by atoms with van der Waals surface area (Å²) in [5.74, 6) is -0.0625. The number of hydrogen-bond donors (Lipinski definition) is 1. The molecule has 0 spiro atoms. The van der Waals surface area contributed by atoms with Crippen LogP contribution in [0.3, 0.4) is 0 Å². The number of allylic oxidation sites excluding steroid dienone is 2. The summed E-state index contributed by atoms with van der Waals surface area (Å²) in [6, 6.07) is 16.2. The van der Waals surface area contributed by atoms with Crippen LogP contribution in [0.25, 0.3) is 22.2 Å². The normalized spacial score (nSPS) is 10.7. The van der Waals surface area contributed by atoms with Crippen LogP contribution in [0.2, 0.25) is 0 Å². The average molecular weight is 553 g/mol. The summed E-state index contributed by atoms with van der Waals surface area (Å²) in [5, 5.41) is 9.60. The van der Waals surface area contributed by atoms with Crippen LogP contribution >= 0.6 is 0 Å². The molecule has 3 nitrogen and oxygen atoms in total. The van der Waals surface area contributed by atoms with Gasteiger partial charge in [-0.05, 0) is 50.6 Å². The summed E-state index contributed by atoms with van der Waals surface area (Å²) in [4.78, 5) is 14.8. The van der Waals surface area contributed by atoms with E-state index in [-0.39, 0.29) is 31.6 Å². The van der Waals surface area contributed by atoms with Gasteiger partial charge in [-0.1, -0.05) is 32.0 Å². The number of rotatable bonds is 2. The van der Waals surface area contributed by atoms with Crippen LogP contribution in [0.15, 0.2) is 48.2 Å². The molecule has 2 aromatic carbocycles. The third kappa shape index (κ3) is 6.40. The molecule has 0 atom stereocenters. The summed E-state index contributed by atoms with van der Waals surface area (Å²) in [7, 11) is 0. The molecule has 1 heterocycles. The van der Waals surface area contributed by atoms with Crippen LogP contribution < -0.4 is 0 Å². The van der Waals surface area contributed by atoms with Crippen molar-refractivity contribution in [2.75, 3.05) is 0 Å². The fourth-order valence-electron chi connectivity index (χ4n) is 2.94. The Bertz CT molecular complexity index is 998. The Kier molecular flexibility index (Phi) is 8.74. The predicted octanol–water partition coefficient (Wildman–Crippen LogP) is 5.97. The van der Waals surface area contributed by atoms with E-state index < -0.39 is 0 Å². The molecule has 0 saturated carbocycles. The quantitative estimate of drug-likeness (QED) is 0.242. The average Bonchev–Trinajstić information content (AvgIpc) is 2.56. The number of ketones is 1. The third-order valence-electron chi connectivity index (χ3n) is 4.25. The molecule has 0 fully saturated rings. The molecular formula is C24H26IrNO2-. The predicted molar refractivity (Wildman–Crippen MR) is 112 cm³/mol. The molecule has 28 heavy (non-hydrogen) atoms. The molecule has 1 aromatic heterocycles. The maximum absolute atomic E-state index is 10.0. The molecule has 149 valence electrons. The summed E-state index contributed by atoms with van der Waals surface area (Å²) in [5.41, 5.74) is 8.14. The summed E-state index contributed by atoms with van der Waals surface area (Å²) >= 11 is 0. The number of aliphatic hydroxyl groups is 1. The molecule has 4 heteroatoms. The first-order chi connectivity index (χ1) is 12.7. The molecule has 0 aliphatic heterocycles. The number of nitrogens with zero attached hydrogens (tertiary/aromatic N) is 1. The van der Waals surface area contributed by atoms with E-state index in [2.05, 4.69) is 70.2 Å². The first kappa shape index (κ1) is 23.7. The number of aryl methyl sites for hydroxylation is 4. The summed E-state index contributed by atoms with van der Waals surface area (Å²) in [6.07, 6.45) is 1.17. The Morgan fingerprint density at radius 1 is 1.04 bits per heavy atom. The Labute approximate surface area is 180 Å². The summed E-state index contributed by atoms with van der Waals surface area (Å²) < 4.78 is 0. The molecular weight excluding hydrogens is 526 g/mol. The SMILES string of the molecule is CC(=O)/C=C(/C)O.Cc1[c-]c(-c2ccc3c(C)c(C)ccc3n2)cc(C)c1.[Ir]. The number of hydrogen-bond acceptors (Lipinski definition) is 3. The minimum Gasteiger partial charge on any atom is -0.512 e. The monoisotopic (exact) mass is 553 g/mol. The van der Waals surface area contributed by atoms with Crippen LogP contribution in [0, 0.1) is 33.8 Å². The van der Waals surface area contributed by atoms with Crippen LogP contribution in [-0.4, -0.2) is 15.9 Å². The zero-order chi connectivity index (χ0) is 20.1. The third-order valence-corrected chi connectivity index (χ3v) is 4.25. The zero-order valence-electron chi connectivity index (χ0n) is 17.2. The fourth-order valence-corrected chi connectivity index (χ4v) is 2.94. The van der Waals surface area contributed by atoms with Gasteiger partial charge in [0, 0.05) is 31.6 Å². The van der Waals surface area contributed by atoms with Gasteiger partial charge in [0.2, 0.25) is 0 Å². The van der Waals surface area contributed by atoms with Crippen LogP contribution in [0.4, 0.5) is 0 Å². The molecule has 0 unspecified atom stereocenters. The molecule has 0 bridgehead atoms. The van der Waals surface area contributed by atoms with E-state index in [1.165, 1.54) is 42.0 Å².